The highest BCUT2D eigenvalue weighted by atomic mass is 16.3. The Balaban J connectivity index is 3.56. The van der Waals surface area contributed by atoms with Crippen LogP contribution in [0.3, 0.4) is 0 Å². The van der Waals surface area contributed by atoms with E-state index in [0.717, 1.165) is 83.5 Å². The average molecular weight is 941 g/mol. The summed E-state index contributed by atoms with van der Waals surface area (Å²) in [4.78, 5) is 12.5. The summed E-state index contributed by atoms with van der Waals surface area (Å²) in [5.74, 6) is -0.0688. The zero-order chi connectivity index (χ0) is 49.2. The van der Waals surface area contributed by atoms with Crippen LogP contribution in [0.4, 0.5) is 0 Å². The number of carbonyl (C=O) groups excluding carboxylic acids is 1. The monoisotopic (exact) mass is 940 g/mol. The molecule has 0 spiro atoms. The van der Waals surface area contributed by atoms with Crippen LogP contribution in [0.1, 0.15) is 258 Å². The van der Waals surface area contributed by atoms with Gasteiger partial charge < -0.3 is 15.5 Å². The molecule has 0 rings (SSSR count). The van der Waals surface area contributed by atoms with Crippen LogP contribution >= 0.6 is 0 Å². The molecule has 0 aliphatic carbocycles. The molecule has 4 nitrogen and oxygen atoms in total. The van der Waals surface area contributed by atoms with Gasteiger partial charge >= 0.3 is 0 Å². The quantitative estimate of drug-likeness (QED) is 0.0420. The molecule has 0 aromatic carbocycles. The molecular weight excluding hydrogens is 831 g/mol. The first-order valence-electron chi connectivity index (χ1n) is 28.7. The third kappa shape index (κ3) is 53.7. The second-order valence-corrected chi connectivity index (χ2v) is 19.0. The number of unbranched alkanes of at least 4 members (excludes halogenated alkanes) is 26. The molecule has 0 heterocycles. The molecule has 0 bridgehead atoms. The molecule has 0 fully saturated rings. The van der Waals surface area contributed by atoms with Crippen LogP contribution in [0.15, 0.2) is 122 Å². The van der Waals surface area contributed by atoms with Crippen molar-refractivity contribution in [3.63, 3.8) is 0 Å². The van der Waals surface area contributed by atoms with Crippen molar-refractivity contribution in [1.29, 1.82) is 0 Å². The average Bonchev–Trinajstić information content (AvgIpc) is 3.34. The second-order valence-electron chi connectivity index (χ2n) is 19.0. The van der Waals surface area contributed by atoms with Gasteiger partial charge in [0.2, 0.25) is 5.91 Å². The van der Waals surface area contributed by atoms with Gasteiger partial charge in [0.1, 0.15) is 0 Å². The number of allylic oxidation sites excluding steroid dienone is 19. The van der Waals surface area contributed by atoms with E-state index in [9.17, 15) is 15.0 Å². The maximum Gasteiger partial charge on any atom is 0.220 e. The molecule has 0 saturated carbocycles. The molecule has 2 atom stereocenters. The maximum absolute atomic E-state index is 12.5. The SMILES string of the molecule is CC/C=C\C/C=C\C/C=C\C/C=C\C/C=C\C/C=C\C/C=C\C/C=C\C/C=C\CCCCCCCCCCCCCCCC(=O)NC(CO)C(O)/C=C/CCCCCCCCCCCCCCC. The number of hydrogen-bond acceptors (Lipinski definition) is 3. The van der Waals surface area contributed by atoms with Gasteiger partial charge in [0.15, 0.2) is 0 Å². The van der Waals surface area contributed by atoms with Crippen LogP contribution in [-0.2, 0) is 4.79 Å². The molecule has 2 unspecified atom stereocenters. The molecular formula is C64H109NO3. The van der Waals surface area contributed by atoms with Crippen molar-refractivity contribution < 1.29 is 15.0 Å². The largest absolute Gasteiger partial charge is 0.394 e. The third-order valence-corrected chi connectivity index (χ3v) is 12.5. The number of aliphatic hydroxyl groups is 2. The molecule has 0 aromatic rings. The van der Waals surface area contributed by atoms with Crippen molar-refractivity contribution in [2.75, 3.05) is 6.61 Å². The van der Waals surface area contributed by atoms with Crippen LogP contribution in [0.5, 0.6) is 0 Å². The predicted octanol–water partition coefficient (Wildman–Crippen LogP) is 19.2. The Kier molecular flexibility index (Phi) is 55.4. The number of aliphatic hydroxyl groups excluding tert-OH is 2. The zero-order valence-corrected chi connectivity index (χ0v) is 44.6. The summed E-state index contributed by atoms with van der Waals surface area (Å²) in [6.07, 6.45) is 89.3. The fourth-order valence-corrected chi connectivity index (χ4v) is 8.11. The number of hydrogen-bond donors (Lipinski definition) is 3. The molecule has 388 valence electrons. The summed E-state index contributed by atoms with van der Waals surface area (Å²) in [7, 11) is 0. The zero-order valence-electron chi connectivity index (χ0n) is 44.6. The van der Waals surface area contributed by atoms with Crippen LogP contribution in [-0.4, -0.2) is 34.9 Å². The fraction of sp³-hybridized carbons (Fsp3) is 0.672. The molecule has 3 N–H and O–H groups in total. The van der Waals surface area contributed by atoms with Gasteiger partial charge in [-0.2, -0.15) is 0 Å². The van der Waals surface area contributed by atoms with E-state index >= 15 is 0 Å². The second kappa shape index (κ2) is 58.1. The number of nitrogens with one attached hydrogen (secondary N) is 1. The summed E-state index contributed by atoms with van der Waals surface area (Å²) in [5.41, 5.74) is 0. The first-order chi connectivity index (χ1) is 33.7. The lowest BCUT2D eigenvalue weighted by molar-refractivity contribution is -0.123. The van der Waals surface area contributed by atoms with Gasteiger partial charge in [-0.3, -0.25) is 4.79 Å². The van der Waals surface area contributed by atoms with E-state index in [4.69, 9.17) is 0 Å². The van der Waals surface area contributed by atoms with Gasteiger partial charge in [0, 0.05) is 6.42 Å². The number of amides is 1. The van der Waals surface area contributed by atoms with Crippen LogP contribution in [0, 0.1) is 0 Å². The molecule has 1 amide bonds. The molecule has 0 aromatic heterocycles. The highest BCUT2D eigenvalue weighted by molar-refractivity contribution is 5.76. The number of rotatable bonds is 51. The molecule has 0 saturated heterocycles. The highest BCUT2D eigenvalue weighted by Crippen LogP contribution is 2.15. The van der Waals surface area contributed by atoms with Gasteiger partial charge in [-0.1, -0.05) is 283 Å². The van der Waals surface area contributed by atoms with E-state index in [1.54, 1.807) is 6.08 Å². The predicted molar refractivity (Wildman–Crippen MR) is 303 cm³/mol. The molecule has 0 aliphatic heterocycles. The van der Waals surface area contributed by atoms with Crippen molar-refractivity contribution >= 4 is 5.91 Å². The van der Waals surface area contributed by atoms with Gasteiger partial charge in [-0.05, 0) is 89.9 Å². The Morgan fingerprint density at radius 1 is 0.368 bits per heavy atom. The summed E-state index contributed by atoms with van der Waals surface area (Å²) in [6, 6.07) is -0.629. The fourth-order valence-electron chi connectivity index (χ4n) is 8.11. The van der Waals surface area contributed by atoms with E-state index in [1.165, 1.54) is 154 Å². The van der Waals surface area contributed by atoms with E-state index < -0.39 is 12.1 Å². The van der Waals surface area contributed by atoms with E-state index in [2.05, 4.69) is 129 Å². The Labute approximate surface area is 422 Å². The smallest absolute Gasteiger partial charge is 0.220 e. The minimum absolute atomic E-state index is 0.0688. The van der Waals surface area contributed by atoms with E-state index in [1.807, 2.05) is 6.08 Å². The maximum atomic E-state index is 12.5. The van der Waals surface area contributed by atoms with Crippen LogP contribution in [0.25, 0.3) is 0 Å². The number of carbonyl (C=O) groups is 1. The lowest BCUT2D eigenvalue weighted by Gasteiger charge is -2.20. The Bertz CT molecular complexity index is 1340. The van der Waals surface area contributed by atoms with E-state index in [0.29, 0.717) is 6.42 Å². The first-order valence-corrected chi connectivity index (χ1v) is 28.7. The third-order valence-electron chi connectivity index (χ3n) is 12.5. The first kappa shape index (κ1) is 64.8. The summed E-state index contributed by atoms with van der Waals surface area (Å²) >= 11 is 0. The molecule has 4 heteroatoms. The summed E-state index contributed by atoms with van der Waals surface area (Å²) in [5, 5.41) is 23.1. The van der Waals surface area contributed by atoms with Crippen LogP contribution in [0.2, 0.25) is 0 Å². The van der Waals surface area contributed by atoms with Gasteiger partial charge in [-0.25, -0.2) is 0 Å². The van der Waals surface area contributed by atoms with Gasteiger partial charge in [0.05, 0.1) is 18.8 Å². The normalized spacial score (nSPS) is 13.8. The Morgan fingerprint density at radius 2 is 0.647 bits per heavy atom. The van der Waals surface area contributed by atoms with Gasteiger partial charge in [0.25, 0.3) is 0 Å². The van der Waals surface area contributed by atoms with Crippen molar-refractivity contribution in [1.82, 2.24) is 5.32 Å². The van der Waals surface area contributed by atoms with Gasteiger partial charge in [-0.15, -0.1) is 0 Å². The van der Waals surface area contributed by atoms with Crippen molar-refractivity contribution in [2.24, 2.45) is 0 Å². The Hall–Kier alpha value is -3.21. The standard InChI is InChI=1S/C64H109NO3/c1-3-5-7-9-11-13-15-17-19-20-21-22-23-24-25-26-27-28-29-30-31-32-33-34-35-36-37-38-39-40-41-42-43-44-46-48-50-52-54-56-58-60-64(68)65-62(61-66)63(67)59-57-55-53-51-49-47-45-18-16-14-12-10-8-6-4-2/h5,7,11,13,17,19,21-22,24-25,27-28,30-31,33-34,36-37,57,59,62-63,66-67H,3-4,6,8-10,12,14-16,18,20,23,26,29,32,35,38-56,58,60-61H2,1-2H3,(H,65,68)/b7-5-,13-11-,19-17-,22-21-,25-24-,28-27-,31-30-,34-33-,37-36-,59-57+. The summed E-state index contributed by atoms with van der Waals surface area (Å²) in [6.45, 7) is 4.19. The van der Waals surface area contributed by atoms with Crippen molar-refractivity contribution in [3.05, 3.63) is 122 Å². The minimum Gasteiger partial charge on any atom is -0.394 e. The van der Waals surface area contributed by atoms with Crippen LogP contribution < -0.4 is 5.32 Å². The lowest BCUT2D eigenvalue weighted by atomic mass is 10.0. The lowest BCUT2D eigenvalue weighted by Crippen LogP contribution is -2.45. The van der Waals surface area contributed by atoms with Crippen molar-refractivity contribution in [2.45, 2.75) is 270 Å². The van der Waals surface area contributed by atoms with Crippen molar-refractivity contribution in [3.8, 4) is 0 Å². The minimum atomic E-state index is -0.845. The Morgan fingerprint density at radius 3 is 0.971 bits per heavy atom. The highest BCUT2D eigenvalue weighted by Gasteiger charge is 2.18. The molecule has 68 heavy (non-hydrogen) atoms. The topological polar surface area (TPSA) is 69.6 Å². The summed E-state index contributed by atoms with van der Waals surface area (Å²) < 4.78 is 0. The molecule has 0 radical (unpaired) electrons. The molecule has 0 aliphatic rings. The van der Waals surface area contributed by atoms with E-state index in [-0.39, 0.29) is 12.5 Å².